The Hall–Kier alpha value is -1.40. The van der Waals surface area contributed by atoms with Gasteiger partial charge in [-0.05, 0) is 0 Å². The lowest BCUT2D eigenvalue weighted by atomic mass is 10.2. The molecule has 2 N–H and O–H groups in total. The number of methoxy groups -OCH3 is 2. The Bertz CT molecular complexity index is 554. The minimum atomic E-state index is 0.639. The molecular formula is C12H17N3O2S. The predicted octanol–water partition coefficient (Wildman–Crippen LogP) is 1.64. The highest BCUT2D eigenvalue weighted by Crippen LogP contribution is 2.33. The van der Waals surface area contributed by atoms with Crippen molar-refractivity contribution in [3.63, 3.8) is 0 Å². The molecule has 0 aliphatic carbocycles. The van der Waals surface area contributed by atoms with E-state index in [2.05, 4.69) is 4.98 Å². The van der Waals surface area contributed by atoms with E-state index in [-0.39, 0.29) is 0 Å². The Labute approximate surface area is 110 Å². The molecule has 0 atom stereocenters. The number of hydrogen-bond donors (Lipinski definition) is 1. The standard InChI is InChI=1S/C12H17N3O2S/c1-15-9-7-11(17-3)10(16-2)6-8(9)14-12(15)18-5-4-13/h6-7H,4-5,13H2,1-3H3. The van der Waals surface area contributed by atoms with Crippen molar-refractivity contribution < 1.29 is 9.47 Å². The Balaban J connectivity index is 2.51. The largest absolute Gasteiger partial charge is 0.493 e. The fraction of sp³-hybridized carbons (Fsp3) is 0.417. The zero-order chi connectivity index (χ0) is 13.1. The highest BCUT2D eigenvalue weighted by atomic mass is 32.2. The third kappa shape index (κ3) is 2.26. The summed E-state index contributed by atoms with van der Waals surface area (Å²) in [4.78, 5) is 4.57. The van der Waals surface area contributed by atoms with E-state index in [1.807, 2.05) is 23.7 Å². The maximum Gasteiger partial charge on any atom is 0.168 e. The van der Waals surface area contributed by atoms with E-state index in [9.17, 15) is 0 Å². The molecule has 98 valence electrons. The summed E-state index contributed by atoms with van der Waals surface area (Å²) in [6, 6.07) is 3.83. The molecule has 0 aliphatic rings. The minimum Gasteiger partial charge on any atom is -0.493 e. The number of ether oxygens (including phenoxy) is 2. The van der Waals surface area contributed by atoms with Gasteiger partial charge in [-0.25, -0.2) is 4.98 Å². The van der Waals surface area contributed by atoms with Crippen LogP contribution in [0, 0.1) is 0 Å². The first-order valence-electron chi connectivity index (χ1n) is 5.62. The molecule has 0 saturated carbocycles. The minimum absolute atomic E-state index is 0.639. The van der Waals surface area contributed by atoms with Crippen LogP contribution >= 0.6 is 11.8 Å². The van der Waals surface area contributed by atoms with Crippen LogP contribution in [0.4, 0.5) is 0 Å². The van der Waals surface area contributed by atoms with Crippen LogP contribution in [0.15, 0.2) is 17.3 Å². The van der Waals surface area contributed by atoms with Gasteiger partial charge in [0, 0.05) is 31.5 Å². The Morgan fingerprint density at radius 1 is 1.28 bits per heavy atom. The first kappa shape index (κ1) is 13.0. The summed E-state index contributed by atoms with van der Waals surface area (Å²) in [5.74, 6) is 2.26. The van der Waals surface area contributed by atoms with Crippen molar-refractivity contribution in [2.45, 2.75) is 5.16 Å². The maximum absolute atomic E-state index is 5.51. The molecule has 1 aromatic heterocycles. The normalized spacial score (nSPS) is 10.9. The highest BCUT2D eigenvalue weighted by molar-refractivity contribution is 7.99. The number of aromatic nitrogens is 2. The SMILES string of the molecule is COc1cc2nc(SCCN)n(C)c2cc1OC. The Morgan fingerprint density at radius 3 is 2.56 bits per heavy atom. The van der Waals surface area contributed by atoms with E-state index < -0.39 is 0 Å². The summed E-state index contributed by atoms with van der Waals surface area (Å²) in [7, 11) is 5.24. The highest BCUT2D eigenvalue weighted by Gasteiger charge is 2.12. The summed E-state index contributed by atoms with van der Waals surface area (Å²) in [5.41, 5.74) is 7.43. The fourth-order valence-corrected chi connectivity index (χ4v) is 2.53. The zero-order valence-corrected chi connectivity index (χ0v) is 11.6. The number of fused-ring (bicyclic) bond motifs is 1. The van der Waals surface area contributed by atoms with Gasteiger partial charge in [-0.15, -0.1) is 0 Å². The quantitative estimate of drug-likeness (QED) is 0.834. The maximum atomic E-state index is 5.51. The van der Waals surface area contributed by atoms with Crippen molar-refractivity contribution in [1.29, 1.82) is 0 Å². The van der Waals surface area contributed by atoms with E-state index in [1.165, 1.54) is 0 Å². The van der Waals surface area contributed by atoms with Crippen molar-refractivity contribution in [2.75, 3.05) is 26.5 Å². The second kappa shape index (κ2) is 5.49. The van der Waals surface area contributed by atoms with Gasteiger partial charge in [-0.3, -0.25) is 0 Å². The molecule has 5 nitrogen and oxygen atoms in total. The first-order valence-corrected chi connectivity index (χ1v) is 6.61. The average molecular weight is 267 g/mol. The van der Waals surface area contributed by atoms with E-state index in [0.717, 1.165) is 21.9 Å². The molecule has 0 unspecified atom stereocenters. The van der Waals surface area contributed by atoms with Crippen molar-refractivity contribution in [2.24, 2.45) is 12.8 Å². The van der Waals surface area contributed by atoms with Crippen LogP contribution in [-0.4, -0.2) is 36.1 Å². The van der Waals surface area contributed by atoms with Gasteiger partial charge in [0.25, 0.3) is 0 Å². The molecule has 1 heterocycles. The molecule has 2 aromatic rings. The van der Waals surface area contributed by atoms with Crippen molar-refractivity contribution >= 4 is 22.8 Å². The molecule has 0 saturated heterocycles. The summed E-state index contributed by atoms with van der Waals surface area (Å²) < 4.78 is 12.6. The van der Waals surface area contributed by atoms with Gasteiger partial charge in [0.15, 0.2) is 16.7 Å². The van der Waals surface area contributed by atoms with Gasteiger partial charge in [0.1, 0.15) is 0 Å². The Morgan fingerprint density at radius 2 is 1.94 bits per heavy atom. The molecule has 18 heavy (non-hydrogen) atoms. The zero-order valence-electron chi connectivity index (χ0n) is 10.8. The molecule has 0 aliphatic heterocycles. The van der Waals surface area contributed by atoms with Gasteiger partial charge in [0.05, 0.1) is 25.3 Å². The van der Waals surface area contributed by atoms with Gasteiger partial charge in [0.2, 0.25) is 0 Å². The molecule has 0 fully saturated rings. The molecular weight excluding hydrogens is 250 g/mol. The lowest BCUT2D eigenvalue weighted by molar-refractivity contribution is 0.355. The summed E-state index contributed by atoms with van der Waals surface area (Å²) in [5, 5.41) is 0.950. The van der Waals surface area contributed by atoms with E-state index in [1.54, 1.807) is 26.0 Å². The van der Waals surface area contributed by atoms with Crippen molar-refractivity contribution in [3.8, 4) is 11.5 Å². The van der Waals surface area contributed by atoms with Gasteiger partial charge in [-0.1, -0.05) is 11.8 Å². The van der Waals surface area contributed by atoms with Gasteiger partial charge >= 0.3 is 0 Å². The lowest BCUT2D eigenvalue weighted by Gasteiger charge is -2.07. The third-order valence-corrected chi connectivity index (χ3v) is 3.76. The van der Waals surface area contributed by atoms with E-state index >= 15 is 0 Å². The van der Waals surface area contributed by atoms with Crippen LogP contribution in [0.3, 0.4) is 0 Å². The average Bonchev–Trinajstić information content (AvgIpc) is 2.71. The number of nitrogens with two attached hydrogens (primary N) is 1. The predicted molar refractivity (Wildman–Crippen MR) is 73.6 cm³/mol. The monoisotopic (exact) mass is 267 g/mol. The summed E-state index contributed by atoms with van der Waals surface area (Å²) in [6.07, 6.45) is 0. The Kier molecular flexibility index (Phi) is 3.98. The van der Waals surface area contributed by atoms with Gasteiger partial charge < -0.3 is 19.8 Å². The van der Waals surface area contributed by atoms with Crippen LogP contribution < -0.4 is 15.2 Å². The molecule has 0 radical (unpaired) electrons. The number of rotatable bonds is 5. The molecule has 1 aromatic carbocycles. The number of aryl methyl sites for hydroxylation is 1. The third-order valence-electron chi connectivity index (χ3n) is 2.69. The lowest BCUT2D eigenvalue weighted by Crippen LogP contribution is -2.02. The molecule has 6 heteroatoms. The van der Waals surface area contributed by atoms with Crippen molar-refractivity contribution in [1.82, 2.24) is 9.55 Å². The topological polar surface area (TPSA) is 62.3 Å². The number of benzene rings is 1. The fourth-order valence-electron chi connectivity index (χ4n) is 1.78. The van der Waals surface area contributed by atoms with Crippen LogP contribution in [0.2, 0.25) is 0 Å². The second-order valence-electron chi connectivity index (χ2n) is 3.79. The number of hydrogen-bond acceptors (Lipinski definition) is 5. The second-order valence-corrected chi connectivity index (χ2v) is 4.85. The van der Waals surface area contributed by atoms with Crippen LogP contribution in [0.25, 0.3) is 11.0 Å². The number of imidazole rings is 1. The molecule has 2 rings (SSSR count). The van der Waals surface area contributed by atoms with Crippen LogP contribution in [0.1, 0.15) is 0 Å². The molecule has 0 amide bonds. The van der Waals surface area contributed by atoms with Crippen LogP contribution in [-0.2, 0) is 7.05 Å². The summed E-state index contributed by atoms with van der Waals surface area (Å²) in [6.45, 7) is 0.639. The number of thioether (sulfide) groups is 1. The molecule has 0 spiro atoms. The van der Waals surface area contributed by atoms with E-state index in [0.29, 0.717) is 18.0 Å². The van der Waals surface area contributed by atoms with Crippen molar-refractivity contribution in [3.05, 3.63) is 12.1 Å². The van der Waals surface area contributed by atoms with E-state index in [4.69, 9.17) is 15.2 Å². The van der Waals surface area contributed by atoms with Crippen LogP contribution in [0.5, 0.6) is 11.5 Å². The first-order chi connectivity index (χ1) is 8.71. The smallest absolute Gasteiger partial charge is 0.168 e. The number of nitrogens with zero attached hydrogens (tertiary/aromatic N) is 2. The summed E-state index contributed by atoms with van der Waals surface area (Å²) >= 11 is 1.64. The van der Waals surface area contributed by atoms with Gasteiger partial charge in [-0.2, -0.15) is 0 Å². The molecule has 0 bridgehead atoms.